The summed E-state index contributed by atoms with van der Waals surface area (Å²) in [5, 5.41) is 59.5. The molecule has 52 heavy (non-hydrogen) atoms. The van der Waals surface area contributed by atoms with Crippen LogP contribution in [0.25, 0.3) is 33.4 Å². The van der Waals surface area contributed by atoms with Gasteiger partial charge in [0.05, 0.1) is 11.1 Å². The van der Waals surface area contributed by atoms with Gasteiger partial charge in [-0.1, -0.05) is 12.1 Å². The van der Waals surface area contributed by atoms with E-state index >= 15 is 8.78 Å². The molecule has 0 amide bonds. The summed E-state index contributed by atoms with van der Waals surface area (Å²) in [7, 11) is 0. The molecule has 0 fully saturated rings. The number of allylic oxidation sites excluding steroid dienone is 8. The van der Waals surface area contributed by atoms with Crippen molar-refractivity contribution in [2.75, 3.05) is 0 Å². The van der Waals surface area contributed by atoms with Crippen LogP contribution in [0.15, 0.2) is 47.5 Å². The average Bonchev–Trinajstić information content (AvgIpc) is 3.60. The fourth-order valence-corrected chi connectivity index (χ4v) is 5.68. The Balaban J connectivity index is 1.91. The van der Waals surface area contributed by atoms with E-state index in [2.05, 4.69) is 9.47 Å². The van der Waals surface area contributed by atoms with E-state index < -0.39 is 125 Å². The van der Waals surface area contributed by atoms with Crippen molar-refractivity contribution in [3.8, 4) is 47.9 Å². The zero-order valence-corrected chi connectivity index (χ0v) is 24.7. The highest BCUT2D eigenvalue weighted by molar-refractivity contribution is 6.30. The lowest BCUT2D eigenvalue weighted by Gasteiger charge is -2.14. The van der Waals surface area contributed by atoms with Gasteiger partial charge in [0.15, 0.2) is 23.1 Å². The van der Waals surface area contributed by atoms with Crippen molar-refractivity contribution in [3.63, 3.8) is 0 Å². The number of nitriles is 6. The maximum absolute atomic E-state index is 17.0. The SMILES string of the molecule is N#CC(C#N)=C1C(c2ccc(OC(F)(F)F)c(F)c2)=C(C#N)c2c(F)c3c(c(F)c21)C(C#N)=C(c1ccc(OC(F)(F)F)c(F)c1)C3=C(C#N)C#N. The molecule has 3 aromatic carbocycles. The summed E-state index contributed by atoms with van der Waals surface area (Å²) in [5.41, 5.74) is -12.6. The van der Waals surface area contributed by atoms with Crippen molar-refractivity contribution in [2.24, 2.45) is 0 Å². The van der Waals surface area contributed by atoms with E-state index in [1.54, 1.807) is 0 Å². The third-order valence-corrected chi connectivity index (χ3v) is 7.44. The second kappa shape index (κ2) is 12.7. The largest absolute Gasteiger partial charge is 0.573 e. The van der Waals surface area contributed by atoms with Gasteiger partial charge in [-0.25, -0.2) is 17.6 Å². The summed E-state index contributed by atoms with van der Waals surface area (Å²) >= 11 is 0. The minimum atomic E-state index is -5.36. The molecule has 0 atom stereocenters. The summed E-state index contributed by atoms with van der Waals surface area (Å²) in [6.45, 7) is 0. The predicted molar refractivity (Wildman–Crippen MR) is 154 cm³/mol. The highest BCUT2D eigenvalue weighted by atomic mass is 19.4. The van der Waals surface area contributed by atoms with Crippen LogP contribution in [0.1, 0.15) is 33.4 Å². The second-order valence-electron chi connectivity index (χ2n) is 10.2. The van der Waals surface area contributed by atoms with Gasteiger partial charge in [-0.3, -0.25) is 0 Å². The Bertz CT molecular complexity index is 2340. The molecule has 8 nitrogen and oxygen atoms in total. The summed E-state index contributed by atoms with van der Waals surface area (Å²) in [6.07, 6.45) is -10.7. The molecular weight excluding hydrogens is 714 g/mol. The molecule has 2 aliphatic carbocycles. The van der Waals surface area contributed by atoms with Gasteiger partial charge in [-0.2, -0.15) is 31.6 Å². The third-order valence-electron chi connectivity index (χ3n) is 7.44. The van der Waals surface area contributed by atoms with Gasteiger partial charge >= 0.3 is 12.7 Å². The Hall–Kier alpha value is -7.54. The number of halogens is 10. The number of rotatable bonds is 4. The predicted octanol–water partition coefficient (Wildman–Crippen LogP) is 8.54. The van der Waals surface area contributed by atoms with Gasteiger partial charge in [-0.15, -0.1) is 26.3 Å². The lowest BCUT2D eigenvalue weighted by atomic mass is 9.89. The van der Waals surface area contributed by atoms with E-state index in [0.717, 1.165) is 0 Å². The Kier molecular flexibility index (Phi) is 8.75. The normalized spacial score (nSPS) is 13.2. The number of nitrogens with zero attached hydrogens (tertiary/aromatic N) is 6. The highest BCUT2D eigenvalue weighted by Gasteiger charge is 2.44. The molecular formula is C34H6F10N6O2. The molecule has 254 valence electrons. The molecule has 0 radical (unpaired) electrons. The van der Waals surface area contributed by atoms with Crippen molar-refractivity contribution in [1.82, 2.24) is 0 Å². The van der Waals surface area contributed by atoms with E-state index in [9.17, 15) is 66.7 Å². The van der Waals surface area contributed by atoms with Crippen molar-refractivity contribution in [3.05, 3.63) is 104 Å². The minimum Gasteiger partial charge on any atom is -0.403 e. The topological polar surface area (TPSA) is 161 Å². The van der Waals surface area contributed by atoms with Crippen LogP contribution in [0.4, 0.5) is 43.9 Å². The number of ether oxygens (including phenoxy) is 2. The molecule has 2 aliphatic rings. The van der Waals surface area contributed by atoms with E-state index in [1.165, 1.54) is 36.4 Å². The Labute approximate surface area is 283 Å². The molecule has 0 N–H and O–H groups in total. The van der Waals surface area contributed by atoms with Crippen molar-refractivity contribution < 1.29 is 53.4 Å². The molecule has 5 rings (SSSR count). The number of fused-ring (bicyclic) bond motifs is 2. The van der Waals surface area contributed by atoms with Crippen LogP contribution in [0, 0.1) is 91.3 Å². The van der Waals surface area contributed by atoms with E-state index in [4.69, 9.17) is 0 Å². The van der Waals surface area contributed by atoms with Gasteiger partial charge in [0.1, 0.15) is 59.2 Å². The maximum atomic E-state index is 17.0. The highest BCUT2D eigenvalue weighted by Crippen LogP contribution is 2.57. The Morgan fingerprint density at radius 1 is 0.500 bits per heavy atom. The van der Waals surface area contributed by atoms with Gasteiger partial charge < -0.3 is 9.47 Å². The maximum Gasteiger partial charge on any atom is 0.573 e. The van der Waals surface area contributed by atoms with Crippen LogP contribution < -0.4 is 9.47 Å². The number of alkyl halides is 6. The van der Waals surface area contributed by atoms with Gasteiger partial charge in [0.2, 0.25) is 0 Å². The average molecular weight is 720 g/mol. The first kappa shape index (κ1) is 35.8. The molecule has 0 saturated heterocycles. The lowest BCUT2D eigenvalue weighted by molar-refractivity contribution is -0.276. The first-order valence-corrected chi connectivity index (χ1v) is 13.5. The van der Waals surface area contributed by atoms with Crippen molar-refractivity contribution in [2.45, 2.75) is 12.7 Å². The van der Waals surface area contributed by atoms with Gasteiger partial charge in [-0.05, 0) is 35.4 Å². The number of benzene rings is 3. The van der Waals surface area contributed by atoms with Crippen LogP contribution >= 0.6 is 0 Å². The Morgan fingerprint density at radius 2 is 0.827 bits per heavy atom. The first-order valence-electron chi connectivity index (χ1n) is 13.5. The van der Waals surface area contributed by atoms with Crippen molar-refractivity contribution in [1.29, 1.82) is 31.6 Å². The molecule has 3 aromatic rings. The van der Waals surface area contributed by atoms with E-state index in [-0.39, 0.29) is 0 Å². The monoisotopic (exact) mass is 720 g/mol. The molecule has 0 aromatic heterocycles. The molecule has 0 spiro atoms. The molecule has 0 unspecified atom stereocenters. The smallest absolute Gasteiger partial charge is 0.403 e. The van der Waals surface area contributed by atoms with Gasteiger partial charge in [0, 0.05) is 44.5 Å². The minimum absolute atomic E-state index is 0.351. The van der Waals surface area contributed by atoms with E-state index in [0.29, 0.717) is 36.4 Å². The van der Waals surface area contributed by atoms with Crippen LogP contribution in [-0.4, -0.2) is 12.7 Å². The summed E-state index contributed by atoms with van der Waals surface area (Å²) in [5.74, 6) is -9.50. The van der Waals surface area contributed by atoms with Gasteiger partial charge in [0.25, 0.3) is 0 Å². The molecule has 0 aliphatic heterocycles. The van der Waals surface area contributed by atoms with Crippen LogP contribution in [-0.2, 0) is 0 Å². The lowest BCUT2D eigenvalue weighted by Crippen LogP contribution is -2.18. The molecule has 0 saturated carbocycles. The fourth-order valence-electron chi connectivity index (χ4n) is 5.68. The fraction of sp³-hybridized carbons (Fsp3) is 0.0588. The van der Waals surface area contributed by atoms with Crippen molar-refractivity contribution >= 4 is 33.4 Å². The molecule has 18 heteroatoms. The molecule has 0 bridgehead atoms. The standard InChI is InChI=1S/C34H6F10N6O2/c35-19-5-13(1-3-21(19)51-33(39,40)41)23-17(11-49)27-29(25(23)15(7-45)8-46)32(38)28-18(12-50)24(26(16(9-47)10-48)30(28)31(27)37)14-2-4-22(20(36)6-14)52-34(42,43)44/h1-6H. The third kappa shape index (κ3) is 5.77. The summed E-state index contributed by atoms with van der Waals surface area (Å²) < 4.78 is 148. The van der Waals surface area contributed by atoms with Crippen LogP contribution in [0.2, 0.25) is 0 Å². The van der Waals surface area contributed by atoms with E-state index in [1.807, 2.05) is 0 Å². The van der Waals surface area contributed by atoms with Crippen LogP contribution in [0.3, 0.4) is 0 Å². The number of hydrogen-bond donors (Lipinski definition) is 0. The summed E-state index contributed by atoms with van der Waals surface area (Å²) in [4.78, 5) is 0. The summed E-state index contributed by atoms with van der Waals surface area (Å²) in [6, 6.07) is 11.6. The molecule has 0 heterocycles. The zero-order chi connectivity index (χ0) is 38.4. The quantitative estimate of drug-likeness (QED) is 0.191. The Morgan fingerprint density at radius 3 is 1.08 bits per heavy atom. The first-order chi connectivity index (χ1) is 24.5. The second-order valence-corrected chi connectivity index (χ2v) is 10.2. The van der Waals surface area contributed by atoms with Crippen LogP contribution in [0.5, 0.6) is 11.5 Å². The zero-order valence-electron chi connectivity index (χ0n) is 24.7. The number of hydrogen-bond acceptors (Lipinski definition) is 8.